The van der Waals surface area contributed by atoms with Crippen molar-refractivity contribution in [3.05, 3.63) is 90.5 Å². The number of ketones is 1. The molecule has 4 aromatic rings. The van der Waals surface area contributed by atoms with Gasteiger partial charge in [-0.1, -0.05) is 54.6 Å². The molecular weight excluding hydrogens is 352 g/mol. The second kappa shape index (κ2) is 7.84. The Bertz CT molecular complexity index is 1110. The summed E-state index contributed by atoms with van der Waals surface area (Å²) in [4.78, 5) is 30.7. The largest absolute Gasteiger partial charge is 0.308 e. The first-order valence-corrected chi connectivity index (χ1v) is 8.92. The molecule has 0 spiro atoms. The van der Waals surface area contributed by atoms with Crippen LogP contribution in [-0.4, -0.2) is 26.9 Å². The van der Waals surface area contributed by atoms with Crippen LogP contribution in [-0.2, 0) is 11.3 Å². The molecule has 0 radical (unpaired) electrons. The second-order valence-corrected chi connectivity index (χ2v) is 6.43. The van der Waals surface area contributed by atoms with Gasteiger partial charge in [0.2, 0.25) is 11.7 Å². The number of nitrogens with zero attached hydrogens (tertiary/aromatic N) is 3. The Morgan fingerprint density at radius 2 is 1.64 bits per heavy atom. The highest BCUT2D eigenvalue weighted by molar-refractivity contribution is 6.10. The summed E-state index contributed by atoms with van der Waals surface area (Å²) < 4.78 is 0. The highest BCUT2D eigenvalue weighted by Gasteiger charge is 2.21. The van der Waals surface area contributed by atoms with Crippen molar-refractivity contribution in [3.8, 4) is 0 Å². The van der Waals surface area contributed by atoms with E-state index in [0.29, 0.717) is 6.54 Å². The second-order valence-electron chi connectivity index (χ2n) is 6.43. The van der Waals surface area contributed by atoms with E-state index in [0.717, 1.165) is 22.0 Å². The summed E-state index contributed by atoms with van der Waals surface area (Å²) in [5.41, 5.74) is 1.73. The van der Waals surface area contributed by atoms with E-state index in [-0.39, 0.29) is 23.9 Å². The van der Waals surface area contributed by atoms with Gasteiger partial charge in [0.15, 0.2) is 5.82 Å². The van der Waals surface area contributed by atoms with Gasteiger partial charge in [-0.25, -0.2) is 4.98 Å². The zero-order valence-corrected chi connectivity index (χ0v) is 15.1. The van der Waals surface area contributed by atoms with E-state index in [1.165, 1.54) is 6.33 Å². The first-order chi connectivity index (χ1) is 13.7. The van der Waals surface area contributed by atoms with Crippen LogP contribution in [0.25, 0.3) is 10.8 Å². The number of hydrogen-bond acceptors (Lipinski definition) is 4. The quantitative estimate of drug-likeness (QED) is 0.414. The van der Waals surface area contributed by atoms with Crippen LogP contribution >= 0.6 is 0 Å². The number of carbonyl (C=O) groups excluding carboxylic acids is 2. The summed E-state index contributed by atoms with van der Waals surface area (Å²) in [6.45, 7) is 0.372. The average molecular weight is 370 g/mol. The summed E-state index contributed by atoms with van der Waals surface area (Å²) in [5.74, 6) is -0.588. The molecule has 0 bridgehead atoms. The fraction of sp³-hybridized carbons (Fsp3) is 0.0909. The van der Waals surface area contributed by atoms with Crippen LogP contribution in [0.15, 0.2) is 79.1 Å². The lowest BCUT2D eigenvalue weighted by atomic mass is 10.1. The van der Waals surface area contributed by atoms with Crippen LogP contribution in [0.4, 0.5) is 5.69 Å². The Kier molecular flexibility index (Phi) is 4.93. The fourth-order valence-corrected chi connectivity index (χ4v) is 3.11. The number of para-hydroxylation sites is 1. The van der Waals surface area contributed by atoms with E-state index in [9.17, 15) is 9.59 Å². The third-order valence-electron chi connectivity index (χ3n) is 4.51. The molecule has 0 saturated carbocycles. The summed E-state index contributed by atoms with van der Waals surface area (Å²) in [7, 11) is 0. The highest BCUT2D eigenvalue weighted by atomic mass is 16.2. The van der Waals surface area contributed by atoms with Crippen molar-refractivity contribution in [2.45, 2.75) is 13.0 Å². The number of aromatic amines is 1. The molecule has 1 amide bonds. The van der Waals surface area contributed by atoms with Crippen LogP contribution in [0.1, 0.15) is 22.6 Å². The van der Waals surface area contributed by atoms with Crippen molar-refractivity contribution in [1.82, 2.24) is 15.2 Å². The predicted molar refractivity (Wildman–Crippen MR) is 107 cm³/mol. The van der Waals surface area contributed by atoms with Crippen LogP contribution in [0.3, 0.4) is 0 Å². The Balaban J connectivity index is 1.61. The van der Waals surface area contributed by atoms with Crippen molar-refractivity contribution in [1.29, 1.82) is 0 Å². The predicted octanol–water partition coefficient (Wildman–Crippen LogP) is 3.76. The van der Waals surface area contributed by atoms with Gasteiger partial charge >= 0.3 is 0 Å². The normalized spacial score (nSPS) is 10.7. The summed E-state index contributed by atoms with van der Waals surface area (Å²) in [6, 6.07) is 23.5. The number of anilines is 1. The molecule has 6 heteroatoms. The molecule has 6 nitrogen and oxygen atoms in total. The van der Waals surface area contributed by atoms with E-state index in [4.69, 9.17) is 0 Å². The van der Waals surface area contributed by atoms with Crippen molar-refractivity contribution < 1.29 is 9.59 Å². The number of hydrogen-bond donors (Lipinski definition) is 1. The first kappa shape index (κ1) is 17.6. The van der Waals surface area contributed by atoms with Gasteiger partial charge in [-0.2, -0.15) is 5.10 Å². The van der Waals surface area contributed by atoms with E-state index >= 15 is 0 Å². The topological polar surface area (TPSA) is 79.0 Å². The van der Waals surface area contributed by atoms with Gasteiger partial charge in [-0.15, -0.1) is 0 Å². The number of H-pyrrole nitrogens is 1. The number of rotatable bonds is 6. The molecule has 0 atom stereocenters. The van der Waals surface area contributed by atoms with Gasteiger partial charge in [0.25, 0.3) is 0 Å². The number of benzene rings is 3. The molecule has 0 unspecified atom stereocenters. The highest BCUT2D eigenvalue weighted by Crippen LogP contribution is 2.21. The van der Waals surface area contributed by atoms with E-state index < -0.39 is 0 Å². The number of fused-ring (bicyclic) bond motifs is 1. The maximum atomic E-state index is 13.0. The lowest BCUT2D eigenvalue weighted by molar-refractivity contribution is -0.117. The zero-order chi connectivity index (χ0) is 19.3. The average Bonchev–Trinajstić information content (AvgIpc) is 3.27. The monoisotopic (exact) mass is 370 g/mol. The van der Waals surface area contributed by atoms with Gasteiger partial charge in [-0.3, -0.25) is 14.7 Å². The van der Waals surface area contributed by atoms with Gasteiger partial charge < -0.3 is 4.90 Å². The zero-order valence-electron chi connectivity index (χ0n) is 15.1. The van der Waals surface area contributed by atoms with Gasteiger partial charge in [0.05, 0.1) is 13.0 Å². The lowest BCUT2D eigenvalue weighted by Crippen LogP contribution is -2.32. The molecule has 4 rings (SSSR count). The van der Waals surface area contributed by atoms with Crippen molar-refractivity contribution in [2.24, 2.45) is 0 Å². The molecule has 3 aromatic carbocycles. The van der Waals surface area contributed by atoms with E-state index in [1.807, 2.05) is 60.7 Å². The minimum Gasteiger partial charge on any atom is -0.308 e. The third kappa shape index (κ3) is 3.81. The van der Waals surface area contributed by atoms with Crippen LogP contribution in [0, 0.1) is 0 Å². The van der Waals surface area contributed by atoms with E-state index in [2.05, 4.69) is 27.3 Å². The number of Topliss-reactive ketones (excluding diaryl/α,β-unsaturated/α-hetero) is 1. The molecule has 0 aliphatic heterocycles. The summed E-state index contributed by atoms with van der Waals surface area (Å²) in [5, 5.41) is 8.43. The maximum absolute atomic E-state index is 13.0. The maximum Gasteiger partial charge on any atom is 0.235 e. The Labute approximate surface area is 161 Å². The standard InChI is InChI=1S/C22H18N4O2/c27-20(22-23-15-24-25-22)13-21(28)26(19-8-2-1-3-9-19)14-16-10-11-17-6-4-5-7-18(17)12-16/h1-12,15H,13-14H2,(H,23,24,25). The SMILES string of the molecule is O=C(CC(=O)N(Cc1ccc2ccccc2c1)c1ccccc1)c1ncn[nH]1. The summed E-state index contributed by atoms with van der Waals surface area (Å²) in [6.07, 6.45) is 0.972. The minimum absolute atomic E-state index is 0.0899. The van der Waals surface area contributed by atoms with Gasteiger partial charge in [0.1, 0.15) is 6.33 Å². The van der Waals surface area contributed by atoms with Crippen LogP contribution in [0.5, 0.6) is 0 Å². The molecular formula is C22H18N4O2. The van der Waals surface area contributed by atoms with Crippen molar-refractivity contribution >= 4 is 28.2 Å². The number of carbonyl (C=O) groups is 2. The van der Waals surface area contributed by atoms with E-state index in [1.54, 1.807) is 4.90 Å². The smallest absolute Gasteiger partial charge is 0.235 e. The molecule has 0 saturated heterocycles. The molecule has 1 N–H and O–H groups in total. The molecule has 28 heavy (non-hydrogen) atoms. The Morgan fingerprint density at radius 3 is 2.39 bits per heavy atom. The number of nitrogens with one attached hydrogen (secondary N) is 1. The van der Waals surface area contributed by atoms with Crippen molar-refractivity contribution in [3.63, 3.8) is 0 Å². The molecule has 1 heterocycles. The van der Waals surface area contributed by atoms with Crippen LogP contribution in [0.2, 0.25) is 0 Å². The van der Waals surface area contributed by atoms with Gasteiger partial charge in [-0.05, 0) is 34.5 Å². The number of amides is 1. The molecule has 0 fully saturated rings. The van der Waals surface area contributed by atoms with Crippen molar-refractivity contribution in [2.75, 3.05) is 4.90 Å². The Morgan fingerprint density at radius 1 is 0.893 bits per heavy atom. The Hall–Kier alpha value is -3.80. The van der Waals surface area contributed by atoms with Gasteiger partial charge in [0, 0.05) is 5.69 Å². The molecule has 0 aliphatic rings. The lowest BCUT2D eigenvalue weighted by Gasteiger charge is -2.23. The summed E-state index contributed by atoms with van der Waals surface area (Å²) >= 11 is 0. The fourth-order valence-electron chi connectivity index (χ4n) is 3.11. The van der Waals surface area contributed by atoms with Crippen LogP contribution < -0.4 is 4.90 Å². The third-order valence-corrected chi connectivity index (χ3v) is 4.51. The first-order valence-electron chi connectivity index (χ1n) is 8.92. The number of aromatic nitrogens is 3. The molecule has 0 aliphatic carbocycles. The molecule has 1 aromatic heterocycles. The minimum atomic E-state index is -0.387. The molecule has 138 valence electrons.